The largest absolute Gasteiger partial charge is 0.265 e. The van der Waals surface area contributed by atoms with Crippen LogP contribution in [0.5, 0.6) is 0 Å². The Morgan fingerprint density at radius 2 is 2.42 bits per heavy atom. The van der Waals surface area contributed by atoms with E-state index in [-0.39, 0.29) is 0 Å². The number of allylic oxidation sites excluding steroid dienone is 2. The second-order valence-corrected chi connectivity index (χ2v) is 3.28. The standard InChI is InChI=1S/C10H12N2/c1-8-3-2-4-9-6-11-7-12-10(9)5-8/h2,4-7,9-10H,3H2,1H3. The van der Waals surface area contributed by atoms with E-state index in [1.165, 1.54) is 5.57 Å². The number of aliphatic imine (C=N–C) groups is 2. The van der Waals surface area contributed by atoms with Crippen molar-refractivity contribution in [3.8, 4) is 0 Å². The molecule has 12 heavy (non-hydrogen) atoms. The van der Waals surface area contributed by atoms with E-state index in [1.54, 1.807) is 6.34 Å². The van der Waals surface area contributed by atoms with Crippen molar-refractivity contribution in [2.75, 3.05) is 0 Å². The number of hydrogen-bond acceptors (Lipinski definition) is 2. The molecule has 2 aliphatic rings. The minimum absolute atomic E-state index is 0.293. The average Bonchev–Trinajstić information content (AvgIpc) is 2.25. The minimum atomic E-state index is 0.293. The first-order valence-electron chi connectivity index (χ1n) is 4.25. The summed E-state index contributed by atoms with van der Waals surface area (Å²) in [5.41, 5.74) is 1.39. The van der Waals surface area contributed by atoms with Gasteiger partial charge >= 0.3 is 0 Å². The lowest BCUT2D eigenvalue weighted by Crippen LogP contribution is -2.18. The van der Waals surface area contributed by atoms with Crippen LogP contribution >= 0.6 is 0 Å². The zero-order chi connectivity index (χ0) is 8.39. The van der Waals surface area contributed by atoms with E-state index < -0.39 is 0 Å². The summed E-state index contributed by atoms with van der Waals surface area (Å²) in [6.45, 7) is 2.15. The molecule has 1 heterocycles. The fourth-order valence-corrected chi connectivity index (χ4v) is 1.53. The first kappa shape index (κ1) is 7.47. The summed E-state index contributed by atoms with van der Waals surface area (Å²) < 4.78 is 0. The lowest BCUT2D eigenvalue weighted by Gasteiger charge is -2.14. The molecule has 2 heteroatoms. The molecule has 2 rings (SSSR count). The van der Waals surface area contributed by atoms with E-state index in [2.05, 4.69) is 35.1 Å². The van der Waals surface area contributed by atoms with Gasteiger partial charge in [0, 0.05) is 12.1 Å². The van der Waals surface area contributed by atoms with Crippen LogP contribution in [0.4, 0.5) is 0 Å². The van der Waals surface area contributed by atoms with Gasteiger partial charge in [-0.25, -0.2) is 4.99 Å². The Balaban J connectivity index is 2.30. The first-order valence-corrected chi connectivity index (χ1v) is 4.25. The van der Waals surface area contributed by atoms with Gasteiger partial charge in [0.2, 0.25) is 0 Å². The Labute approximate surface area is 72.4 Å². The fraction of sp³-hybridized carbons (Fsp3) is 0.400. The van der Waals surface area contributed by atoms with E-state index in [0.717, 1.165) is 6.42 Å². The highest BCUT2D eigenvalue weighted by Gasteiger charge is 2.17. The van der Waals surface area contributed by atoms with Gasteiger partial charge in [-0.15, -0.1) is 0 Å². The molecule has 0 aromatic rings. The molecule has 0 saturated heterocycles. The van der Waals surface area contributed by atoms with Crippen LogP contribution in [0.1, 0.15) is 13.3 Å². The number of hydrogen-bond donors (Lipinski definition) is 0. The Bertz CT molecular complexity index is 284. The molecule has 0 spiro atoms. The van der Waals surface area contributed by atoms with E-state index in [4.69, 9.17) is 0 Å². The molecule has 2 unspecified atom stereocenters. The van der Waals surface area contributed by atoms with Gasteiger partial charge in [-0.3, -0.25) is 4.99 Å². The molecular formula is C10H12N2. The average molecular weight is 160 g/mol. The highest BCUT2D eigenvalue weighted by molar-refractivity contribution is 5.79. The van der Waals surface area contributed by atoms with Crippen LogP contribution in [0.2, 0.25) is 0 Å². The molecular weight excluding hydrogens is 148 g/mol. The maximum atomic E-state index is 4.31. The van der Waals surface area contributed by atoms with Crippen LogP contribution in [-0.2, 0) is 0 Å². The summed E-state index contributed by atoms with van der Waals surface area (Å²) in [6, 6.07) is 0.293. The third-order valence-electron chi connectivity index (χ3n) is 2.21. The predicted octanol–water partition coefficient (Wildman–Crippen LogP) is 1.99. The van der Waals surface area contributed by atoms with Crippen LogP contribution < -0.4 is 0 Å². The molecule has 2 atom stereocenters. The minimum Gasteiger partial charge on any atom is -0.265 e. The SMILES string of the molecule is CC1=CC2N=CN=CC2C=CC1. The lowest BCUT2D eigenvalue weighted by molar-refractivity contribution is 0.733. The summed E-state index contributed by atoms with van der Waals surface area (Å²) in [6.07, 6.45) is 11.3. The summed E-state index contributed by atoms with van der Waals surface area (Å²) in [5, 5.41) is 0. The second kappa shape index (κ2) is 3.05. The molecule has 0 aromatic heterocycles. The number of rotatable bonds is 0. The smallest absolute Gasteiger partial charge is 0.110 e. The quantitative estimate of drug-likeness (QED) is 0.484. The van der Waals surface area contributed by atoms with Crippen molar-refractivity contribution < 1.29 is 0 Å². The Kier molecular flexibility index (Phi) is 1.90. The highest BCUT2D eigenvalue weighted by atomic mass is 14.9. The van der Waals surface area contributed by atoms with Crippen molar-refractivity contribution in [3.05, 3.63) is 23.8 Å². The summed E-state index contributed by atoms with van der Waals surface area (Å²) in [7, 11) is 0. The summed E-state index contributed by atoms with van der Waals surface area (Å²) >= 11 is 0. The van der Waals surface area contributed by atoms with Crippen molar-refractivity contribution in [1.29, 1.82) is 0 Å². The van der Waals surface area contributed by atoms with Crippen LogP contribution in [-0.4, -0.2) is 18.6 Å². The molecule has 1 aliphatic heterocycles. The topological polar surface area (TPSA) is 24.7 Å². The van der Waals surface area contributed by atoms with Crippen LogP contribution in [0.3, 0.4) is 0 Å². The van der Waals surface area contributed by atoms with Gasteiger partial charge in [-0.05, 0) is 13.3 Å². The van der Waals surface area contributed by atoms with Crippen LogP contribution in [0.15, 0.2) is 33.8 Å². The maximum absolute atomic E-state index is 4.31. The van der Waals surface area contributed by atoms with Gasteiger partial charge < -0.3 is 0 Å². The van der Waals surface area contributed by atoms with Gasteiger partial charge in [-0.2, -0.15) is 0 Å². The van der Waals surface area contributed by atoms with Gasteiger partial charge in [0.1, 0.15) is 6.34 Å². The van der Waals surface area contributed by atoms with Gasteiger partial charge in [0.15, 0.2) is 0 Å². The van der Waals surface area contributed by atoms with Crippen LogP contribution in [0, 0.1) is 5.92 Å². The summed E-state index contributed by atoms with van der Waals surface area (Å²) in [4.78, 5) is 8.34. The van der Waals surface area contributed by atoms with Crippen molar-refractivity contribution in [2.45, 2.75) is 19.4 Å². The van der Waals surface area contributed by atoms with E-state index in [1.807, 2.05) is 6.21 Å². The normalized spacial score (nSPS) is 32.6. The Morgan fingerprint density at radius 1 is 1.50 bits per heavy atom. The Hall–Kier alpha value is -1.18. The van der Waals surface area contributed by atoms with Gasteiger partial charge in [0.05, 0.1) is 6.04 Å². The molecule has 0 amide bonds. The molecule has 0 aromatic carbocycles. The molecule has 62 valence electrons. The van der Waals surface area contributed by atoms with Gasteiger partial charge in [-0.1, -0.05) is 23.8 Å². The number of nitrogens with zero attached hydrogens (tertiary/aromatic N) is 2. The lowest BCUT2D eigenvalue weighted by atomic mass is 10.0. The molecule has 0 bridgehead atoms. The van der Waals surface area contributed by atoms with Gasteiger partial charge in [0.25, 0.3) is 0 Å². The van der Waals surface area contributed by atoms with Crippen molar-refractivity contribution in [2.24, 2.45) is 15.9 Å². The molecule has 0 fully saturated rings. The predicted molar refractivity (Wildman–Crippen MR) is 51.8 cm³/mol. The Morgan fingerprint density at radius 3 is 3.33 bits per heavy atom. The van der Waals surface area contributed by atoms with E-state index in [0.29, 0.717) is 12.0 Å². The summed E-state index contributed by atoms with van der Waals surface area (Å²) in [5.74, 6) is 0.382. The third-order valence-corrected chi connectivity index (χ3v) is 2.21. The van der Waals surface area contributed by atoms with E-state index in [9.17, 15) is 0 Å². The second-order valence-electron chi connectivity index (χ2n) is 3.28. The molecule has 0 N–H and O–H groups in total. The van der Waals surface area contributed by atoms with E-state index >= 15 is 0 Å². The monoisotopic (exact) mass is 160 g/mol. The van der Waals surface area contributed by atoms with Crippen molar-refractivity contribution in [1.82, 2.24) is 0 Å². The van der Waals surface area contributed by atoms with Crippen molar-refractivity contribution >= 4 is 12.6 Å². The first-order chi connectivity index (χ1) is 5.86. The highest BCUT2D eigenvalue weighted by Crippen LogP contribution is 2.19. The zero-order valence-electron chi connectivity index (χ0n) is 7.14. The molecule has 0 saturated carbocycles. The fourth-order valence-electron chi connectivity index (χ4n) is 1.53. The third kappa shape index (κ3) is 1.37. The maximum Gasteiger partial charge on any atom is 0.110 e. The zero-order valence-corrected chi connectivity index (χ0v) is 7.14. The molecule has 2 nitrogen and oxygen atoms in total. The molecule has 1 aliphatic carbocycles. The van der Waals surface area contributed by atoms with Crippen LogP contribution in [0.25, 0.3) is 0 Å². The molecule has 0 radical (unpaired) electrons. The van der Waals surface area contributed by atoms with Crippen molar-refractivity contribution in [3.63, 3.8) is 0 Å². The number of fused-ring (bicyclic) bond motifs is 1.